The molecule has 8 heteroatoms. The molecule has 0 amide bonds. The van der Waals surface area contributed by atoms with Crippen LogP contribution < -0.4 is 10.5 Å². The van der Waals surface area contributed by atoms with Crippen molar-refractivity contribution in [1.29, 1.82) is 0 Å². The topological polar surface area (TPSA) is 45.6 Å². The summed E-state index contributed by atoms with van der Waals surface area (Å²) in [5, 5.41) is 0.925. The fourth-order valence-electron chi connectivity index (χ4n) is 4.82. The zero-order valence-electron chi connectivity index (χ0n) is 19.2. The lowest BCUT2D eigenvalue weighted by molar-refractivity contribution is -0.109. The minimum atomic E-state index is -0.181. The number of likely N-dealkylation sites (tertiary alicyclic amines) is 1. The van der Waals surface area contributed by atoms with E-state index >= 15 is 0 Å². The van der Waals surface area contributed by atoms with Gasteiger partial charge in [0.15, 0.2) is 0 Å². The van der Waals surface area contributed by atoms with Crippen molar-refractivity contribution < 1.29 is 4.79 Å². The number of aromatic nitrogens is 1. The van der Waals surface area contributed by atoms with Crippen molar-refractivity contribution in [2.24, 2.45) is 5.92 Å². The highest BCUT2D eigenvalue weighted by molar-refractivity contribution is 8.14. The number of rotatable bonds is 8. The summed E-state index contributed by atoms with van der Waals surface area (Å²) in [4.78, 5) is 29.0. The van der Waals surface area contributed by atoms with Gasteiger partial charge in [0.25, 0.3) is 5.56 Å². The van der Waals surface area contributed by atoms with Crippen LogP contribution in [0.5, 0.6) is 0 Å². The summed E-state index contributed by atoms with van der Waals surface area (Å²) >= 11 is 14.2. The molecule has 2 aromatic rings. The molecule has 1 aromatic carbocycles. The van der Waals surface area contributed by atoms with Crippen LogP contribution in [0.3, 0.4) is 0 Å². The number of pyridine rings is 1. The van der Waals surface area contributed by atoms with Gasteiger partial charge >= 0.3 is 0 Å². The van der Waals surface area contributed by atoms with E-state index in [0.717, 1.165) is 29.9 Å². The molecule has 2 saturated heterocycles. The molecule has 2 fully saturated rings. The van der Waals surface area contributed by atoms with Crippen molar-refractivity contribution >= 4 is 45.8 Å². The molecule has 5 nitrogen and oxygen atoms in total. The van der Waals surface area contributed by atoms with Gasteiger partial charge in [-0.25, -0.2) is 0 Å². The molecule has 4 rings (SSSR count). The number of anilines is 1. The number of hydrogen-bond donors (Lipinski definition) is 0. The second-order valence-electron chi connectivity index (χ2n) is 9.40. The SMILES string of the molecule is CC(C)C[C@H]1CCCN1Cc1c(Cl)cc(Cl)c(=O)n1CCc1ccc(N2CSC(=O)C2)cc1. The molecular weight excluding hydrogens is 477 g/mol. The van der Waals surface area contributed by atoms with Crippen LogP contribution in [0.25, 0.3) is 0 Å². The van der Waals surface area contributed by atoms with E-state index in [-0.39, 0.29) is 15.7 Å². The lowest BCUT2D eigenvalue weighted by atomic mass is 10.0. The summed E-state index contributed by atoms with van der Waals surface area (Å²) in [5.41, 5.74) is 2.85. The van der Waals surface area contributed by atoms with Crippen LogP contribution in [-0.2, 0) is 24.3 Å². The summed E-state index contributed by atoms with van der Waals surface area (Å²) in [5.74, 6) is 1.34. The van der Waals surface area contributed by atoms with Gasteiger partial charge in [0, 0.05) is 24.8 Å². The number of hydrogen-bond acceptors (Lipinski definition) is 5. The van der Waals surface area contributed by atoms with Gasteiger partial charge in [-0.3, -0.25) is 14.5 Å². The molecule has 3 heterocycles. The van der Waals surface area contributed by atoms with Crippen molar-refractivity contribution in [3.05, 3.63) is 62.0 Å². The van der Waals surface area contributed by atoms with Crippen LogP contribution in [0.15, 0.2) is 35.1 Å². The van der Waals surface area contributed by atoms with Gasteiger partial charge in [-0.05, 0) is 61.9 Å². The molecule has 0 saturated carbocycles. The molecule has 1 atom stereocenters. The Labute approximate surface area is 210 Å². The Hall–Kier alpha value is -1.47. The maximum absolute atomic E-state index is 13.0. The molecule has 178 valence electrons. The first kappa shape index (κ1) is 24.6. The third kappa shape index (κ3) is 5.97. The van der Waals surface area contributed by atoms with Gasteiger partial charge in [-0.2, -0.15) is 0 Å². The smallest absolute Gasteiger partial charge is 0.269 e. The van der Waals surface area contributed by atoms with Crippen LogP contribution in [0.4, 0.5) is 5.69 Å². The minimum Gasteiger partial charge on any atom is -0.354 e. The molecule has 0 radical (unpaired) electrons. The van der Waals surface area contributed by atoms with Crippen LogP contribution in [0, 0.1) is 5.92 Å². The number of carbonyl (C=O) groups is 1. The van der Waals surface area contributed by atoms with Gasteiger partial charge in [-0.15, -0.1) is 0 Å². The highest BCUT2D eigenvalue weighted by Gasteiger charge is 2.27. The number of thioether (sulfide) groups is 1. The van der Waals surface area contributed by atoms with Crippen molar-refractivity contribution in [2.45, 2.75) is 58.7 Å². The summed E-state index contributed by atoms with van der Waals surface area (Å²) < 4.78 is 1.76. The lowest BCUT2D eigenvalue weighted by Crippen LogP contribution is -2.34. The fraction of sp³-hybridized carbons (Fsp3) is 0.520. The number of benzene rings is 1. The average molecular weight is 509 g/mol. The first-order chi connectivity index (χ1) is 15.8. The number of nitrogens with zero attached hydrogens (tertiary/aromatic N) is 3. The molecule has 0 bridgehead atoms. The first-order valence-corrected chi connectivity index (χ1v) is 13.4. The van der Waals surface area contributed by atoms with E-state index in [2.05, 4.69) is 35.8 Å². The zero-order valence-corrected chi connectivity index (χ0v) is 21.6. The summed E-state index contributed by atoms with van der Waals surface area (Å²) in [6, 6.07) is 10.4. The molecule has 0 N–H and O–H groups in total. The summed E-state index contributed by atoms with van der Waals surface area (Å²) in [7, 11) is 0. The van der Waals surface area contributed by atoms with Crippen LogP contribution >= 0.6 is 35.0 Å². The minimum absolute atomic E-state index is 0.162. The standard InChI is InChI=1S/C25H31Cl2N3O2S/c1-17(2)12-20-4-3-10-28(20)14-23-21(26)13-22(27)25(32)30(23)11-9-18-5-7-19(8-6-18)29-15-24(31)33-16-29/h5-8,13,17,20H,3-4,9-12,14-16H2,1-2H3/t20-/m1/s1. The molecule has 0 unspecified atom stereocenters. The van der Waals surface area contributed by atoms with Crippen molar-refractivity contribution in [2.75, 3.05) is 23.9 Å². The first-order valence-electron chi connectivity index (χ1n) is 11.6. The van der Waals surface area contributed by atoms with E-state index < -0.39 is 0 Å². The van der Waals surface area contributed by atoms with Gasteiger partial charge < -0.3 is 9.47 Å². The number of halogens is 2. The molecule has 2 aliphatic heterocycles. The van der Waals surface area contributed by atoms with Crippen molar-refractivity contribution in [3.63, 3.8) is 0 Å². The van der Waals surface area contributed by atoms with Crippen LogP contribution in [-0.4, -0.2) is 39.6 Å². The molecule has 2 aliphatic rings. The molecule has 0 spiro atoms. The number of aryl methyl sites for hydroxylation is 1. The summed E-state index contributed by atoms with van der Waals surface area (Å²) in [6.07, 6.45) is 4.23. The Morgan fingerprint density at radius 3 is 2.55 bits per heavy atom. The second kappa shape index (κ2) is 10.9. The quantitative estimate of drug-likeness (QED) is 0.475. The molecular formula is C25H31Cl2N3O2S. The average Bonchev–Trinajstić information content (AvgIpc) is 3.40. The van der Waals surface area contributed by atoms with E-state index in [1.165, 1.54) is 24.6 Å². The van der Waals surface area contributed by atoms with Crippen molar-refractivity contribution in [1.82, 2.24) is 9.47 Å². The third-order valence-electron chi connectivity index (χ3n) is 6.53. The van der Waals surface area contributed by atoms with Gasteiger partial charge in [-0.1, -0.05) is 60.9 Å². The third-order valence-corrected chi connectivity index (χ3v) is 8.02. The molecule has 0 aliphatic carbocycles. The van der Waals surface area contributed by atoms with Crippen LogP contribution in [0.2, 0.25) is 10.0 Å². The predicted octanol–water partition coefficient (Wildman–Crippen LogP) is 5.45. The van der Waals surface area contributed by atoms with E-state index in [4.69, 9.17) is 23.2 Å². The van der Waals surface area contributed by atoms with Crippen LogP contribution in [0.1, 0.15) is 44.4 Å². The Balaban J connectivity index is 1.50. The Morgan fingerprint density at radius 1 is 1.12 bits per heavy atom. The Morgan fingerprint density at radius 2 is 1.88 bits per heavy atom. The van der Waals surface area contributed by atoms with Gasteiger partial charge in [0.1, 0.15) is 5.02 Å². The van der Waals surface area contributed by atoms with E-state index in [1.807, 2.05) is 12.1 Å². The monoisotopic (exact) mass is 507 g/mol. The maximum Gasteiger partial charge on any atom is 0.269 e. The van der Waals surface area contributed by atoms with E-state index in [0.29, 0.717) is 48.9 Å². The van der Waals surface area contributed by atoms with Gasteiger partial charge in [0.2, 0.25) is 5.12 Å². The highest BCUT2D eigenvalue weighted by atomic mass is 35.5. The van der Waals surface area contributed by atoms with Gasteiger partial charge in [0.05, 0.1) is 23.1 Å². The number of carbonyl (C=O) groups excluding carboxylic acids is 1. The van der Waals surface area contributed by atoms with E-state index in [9.17, 15) is 9.59 Å². The Bertz CT molecular complexity index is 1050. The van der Waals surface area contributed by atoms with Crippen molar-refractivity contribution in [3.8, 4) is 0 Å². The predicted molar refractivity (Wildman–Crippen MR) is 139 cm³/mol. The highest BCUT2D eigenvalue weighted by Crippen LogP contribution is 2.28. The van der Waals surface area contributed by atoms with E-state index in [1.54, 1.807) is 10.6 Å². The largest absolute Gasteiger partial charge is 0.354 e. The molecule has 1 aromatic heterocycles. The normalized spacial score (nSPS) is 19.2. The maximum atomic E-state index is 13.0. The molecule has 33 heavy (non-hydrogen) atoms. The lowest BCUT2D eigenvalue weighted by Gasteiger charge is -2.27. The fourth-order valence-corrected chi connectivity index (χ4v) is 6.14. The zero-order chi connectivity index (χ0) is 23.5. The summed E-state index contributed by atoms with van der Waals surface area (Å²) in [6.45, 7) is 7.19. The second-order valence-corrected chi connectivity index (χ2v) is 11.2. The Kier molecular flexibility index (Phi) is 8.11.